The number of benzene rings is 1. The number of Topliss-reactive ketones (excluding diaryl/α,β-unsaturated/α-hetero) is 2. The Labute approximate surface area is 130 Å². The van der Waals surface area contributed by atoms with Crippen LogP contribution in [0.3, 0.4) is 0 Å². The van der Waals surface area contributed by atoms with Gasteiger partial charge in [0, 0.05) is 5.56 Å². The van der Waals surface area contributed by atoms with Crippen LogP contribution in [-0.4, -0.2) is 30.7 Å². The number of hydrogen-bond acceptors (Lipinski definition) is 5. The lowest BCUT2D eigenvalue weighted by Crippen LogP contribution is -2.20. The zero-order valence-electron chi connectivity index (χ0n) is 13.3. The van der Waals surface area contributed by atoms with Crippen molar-refractivity contribution >= 4 is 17.5 Å². The van der Waals surface area contributed by atoms with E-state index in [1.54, 1.807) is 31.2 Å². The molecule has 0 unspecified atom stereocenters. The maximum Gasteiger partial charge on any atom is 0.375 e. The average molecular weight is 306 g/mol. The lowest BCUT2D eigenvalue weighted by Gasteiger charge is -2.08. The van der Waals surface area contributed by atoms with Crippen LogP contribution in [-0.2, 0) is 14.3 Å². The van der Waals surface area contributed by atoms with E-state index in [1.165, 1.54) is 0 Å². The molecule has 22 heavy (non-hydrogen) atoms. The van der Waals surface area contributed by atoms with Crippen molar-refractivity contribution in [3.63, 3.8) is 0 Å². The Morgan fingerprint density at radius 3 is 2.27 bits per heavy atom. The first kappa shape index (κ1) is 17.9. The zero-order valence-corrected chi connectivity index (χ0v) is 13.3. The van der Waals surface area contributed by atoms with E-state index < -0.39 is 24.0 Å². The van der Waals surface area contributed by atoms with E-state index in [9.17, 15) is 14.4 Å². The highest BCUT2D eigenvalue weighted by Crippen LogP contribution is 2.14. The summed E-state index contributed by atoms with van der Waals surface area (Å²) in [6, 6.07) is 6.54. The molecule has 120 valence electrons. The molecule has 0 saturated carbocycles. The molecule has 0 aliphatic carbocycles. The molecule has 0 heterocycles. The smallest absolute Gasteiger partial charge is 0.375 e. The Bertz CT molecular complexity index is 516. The molecule has 0 N–H and O–H groups in total. The van der Waals surface area contributed by atoms with Gasteiger partial charge in [0.25, 0.3) is 0 Å². The molecule has 1 aromatic rings. The molecule has 0 spiro atoms. The van der Waals surface area contributed by atoms with Crippen LogP contribution in [0.4, 0.5) is 0 Å². The Balaban J connectivity index is 2.53. The van der Waals surface area contributed by atoms with Gasteiger partial charge in [0.05, 0.1) is 19.6 Å². The minimum absolute atomic E-state index is 0.112. The van der Waals surface area contributed by atoms with Crippen molar-refractivity contribution in [3.8, 4) is 5.75 Å². The number of carbonyl (C=O) groups is 3. The number of ketones is 2. The maximum absolute atomic E-state index is 11.9. The molecule has 0 aliphatic heterocycles. The highest BCUT2D eigenvalue weighted by molar-refractivity contribution is 6.38. The molecular weight excluding hydrogens is 284 g/mol. The quantitative estimate of drug-likeness (QED) is 0.304. The summed E-state index contributed by atoms with van der Waals surface area (Å²) in [7, 11) is 0. The van der Waals surface area contributed by atoms with Gasteiger partial charge in [-0.3, -0.25) is 9.59 Å². The SMILES string of the molecule is CCOC(=O)C(=O)CC(=O)c1ccc(OCCC(C)C)cc1. The van der Waals surface area contributed by atoms with Crippen molar-refractivity contribution in [2.45, 2.75) is 33.6 Å². The summed E-state index contributed by atoms with van der Waals surface area (Å²) in [5.74, 6) is -0.968. The second kappa shape index (κ2) is 8.97. The van der Waals surface area contributed by atoms with Crippen LogP contribution in [0.2, 0.25) is 0 Å². The van der Waals surface area contributed by atoms with E-state index in [-0.39, 0.29) is 6.61 Å². The Hall–Kier alpha value is -2.17. The standard InChI is InChI=1S/C17H22O5/c1-4-21-17(20)16(19)11-15(18)13-5-7-14(8-6-13)22-10-9-12(2)3/h5-8,12H,4,9-11H2,1-3H3. The van der Waals surface area contributed by atoms with Crippen LogP contribution in [0.5, 0.6) is 5.75 Å². The minimum atomic E-state index is -0.968. The summed E-state index contributed by atoms with van der Waals surface area (Å²) in [5, 5.41) is 0. The van der Waals surface area contributed by atoms with Gasteiger partial charge in [-0.2, -0.15) is 0 Å². The fourth-order valence-electron chi connectivity index (χ4n) is 1.68. The summed E-state index contributed by atoms with van der Waals surface area (Å²) < 4.78 is 10.1. The molecule has 0 fully saturated rings. The first-order chi connectivity index (χ1) is 10.4. The van der Waals surface area contributed by atoms with Gasteiger partial charge in [-0.1, -0.05) is 13.8 Å². The Morgan fingerprint density at radius 1 is 1.09 bits per heavy atom. The van der Waals surface area contributed by atoms with E-state index in [4.69, 9.17) is 4.74 Å². The predicted molar refractivity (Wildman–Crippen MR) is 82.0 cm³/mol. The molecule has 1 aromatic carbocycles. The van der Waals surface area contributed by atoms with Gasteiger partial charge in [-0.25, -0.2) is 4.79 Å². The topological polar surface area (TPSA) is 69.7 Å². The zero-order chi connectivity index (χ0) is 16.5. The van der Waals surface area contributed by atoms with Gasteiger partial charge in [0.2, 0.25) is 5.78 Å². The second-order valence-corrected chi connectivity index (χ2v) is 5.30. The molecule has 0 aromatic heterocycles. The lowest BCUT2D eigenvalue weighted by atomic mass is 10.1. The number of ether oxygens (including phenoxy) is 2. The van der Waals surface area contributed by atoms with Crippen molar-refractivity contribution in [1.82, 2.24) is 0 Å². The molecule has 0 saturated heterocycles. The molecular formula is C17H22O5. The van der Waals surface area contributed by atoms with Gasteiger partial charge in [0.15, 0.2) is 5.78 Å². The summed E-state index contributed by atoms with van der Waals surface area (Å²) in [6.45, 7) is 6.57. The number of rotatable bonds is 9. The first-order valence-corrected chi connectivity index (χ1v) is 7.40. The van der Waals surface area contributed by atoms with Gasteiger partial charge in [-0.05, 0) is 43.5 Å². The molecule has 5 heteroatoms. The average Bonchev–Trinajstić information content (AvgIpc) is 2.47. The Morgan fingerprint density at radius 2 is 1.73 bits per heavy atom. The van der Waals surface area contributed by atoms with E-state index in [1.807, 2.05) is 0 Å². The van der Waals surface area contributed by atoms with Crippen molar-refractivity contribution in [1.29, 1.82) is 0 Å². The fourth-order valence-corrected chi connectivity index (χ4v) is 1.68. The van der Waals surface area contributed by atoms with E-state index in [0.717, 1.165) is 6.42 Å². The van der Waals surface area contributed by atoms with Crippen molar-refractivity contribution in [2.24, 2.45) is 5.92 Å². The van der Waals surface area contributed by atoms with Gasteiger partial charge in [0.1, 0.15) is 5.75 Å². The number of esters is 1. The van der Waals surface area contributed by atoms with Crippen LogP contribution < -0.4 is 4.74 Å². The van der Waals surface area contributed by atoms with Crippen molar-refractivity contribution in [2.75, 3.05) is 13.2 Å². The van der Waals surface area contributed by atoms with Gasteiger partial charge < -0.3 is 9.47 Å². The summed E-state index contributed by atoms with van der Waals surface area (Å²) in [6.07, 6.45) is 0.473. The summed E-state index contributed by atoms with van der Waals surface area (Å²) >= 11 is 0. The van der Waals surface area contributed by atoms with E-state index >= 15 is 0 Å². The number of carbonyl (C=O) groups excluding carboxylic acids is 3. The van der Waals surface area contributed by atoms with Crippen molar-refractivity contribution < 1.29 is 23.9 Å². The predicted octanol–water partition coefficient (Wildman–Crippen LogP) is 2.82. The van der Waals surface area contributed by atoms with E-state index in [2.05, 4.69) is 18.6 Å². The Kier molecular flexibility index (Phi) is 7.29. The molecule has 5 nitrogen and oxygen atoms in total. The fraction of sp³-hybridized carbons (Fsp3) is 0.471. The second-order valence-electron chi connectivity index (χ2n) is 5.30. The number of hydrogen-bond donors (Lipinski definition) is 0. The first-order valence-electron chi connectivity index (χ1n) is 7.40. The molecule has 0 aliphatic rings. The molecule has 0 bridgehead atoms. The molecule has 0 amide bonds. The lowest BCUT2D eigenvalue weighted by molar-refractivity contribution is -0.153. The third-order valence-electron chi connectivity index (χ3n) is 2.96. The van der Waals surface area contributed by atoms with Gasteiger partial charge >= 0.3 is 5.97 Å². The molecule has 1 rings (SSSR count). The summed E-state index contributed by atoms with van der Waals surface area (Å²) in [5.41, 5.74) is 0.369. The molecule has 0 radical (unpaired) electrons. The maximum atomic E-state index is 11.9. The van der Waals surface area contributed by atoms with Crippen LogP contribution in [0.1, 0.15) is 44.0 Å². The van der Waals surface area contributed by atoms with Crippen molar-refractivity contribution in [3.05, 3.63) is 29.8 Å². The van der Waals surface area contributed by atoms with Crippen LogP contribution in [0.15, 0.2) is 24.3 Å². The van der Waals surface area contributed by atoms with Crippen LogP contribution in [0.25, 0.3) is 0 Å². The third kappa shape index (κ3) is 6.08. The van der Waals surface area contributed by atoms with E-state index in [0.29, 0.717) is 23.8 Å². The summed E-state index contributed by atoms with van der Waals surface area (Å²) in [4.78, 5) is 34.6. The van der Waals surface area contributed by atoms with Crippen LogP contribution >= 0.6 is 0 Å². The van der Waals surface area contributed by atoms with Crippen LogP contribution in [0, 0.1) is 5.92 Å². The molecule has 0 atom stereocenters. The third-order valence-corrected chi connectivity index (χ3v) is 2.96. The van der Waals surface area contributed by atoms with Gasteiger partial charge in [-0.15, -0.1) is 0 Å². The normalized spacial score (nSPS) is 10.4. The highest BCUT2D eigenvalue weighted by atomic mass is 16.5. The monoisotopic (exact) mass is 306 g/mol. The minimum Gasteiger partial charge on any atom is -0.494 e. The largest absolute Gasteiger partial charge is 0.494 e. The highest BCUT2D eigenvalue weighted by Gasteiger charge is 2.19.